The Bertz CT molecular complexity index is 314. The molecule has 6 heteroatoms. The van der Waals surface area contributed by atoms with Crippen LogP contribution < -0.4 is 5.73 Å². The normalized spacial score (nSPS) is 13.0. The van der Waals surface area contributed by atoms with Crippen LogP contribution in [-0.2, 0) is 19.5 Å². The van der Waals surface area contributed by atoms with E-state index in [2.05, 4.69) is 17.2 Å². The van der Waals surface area contributed by atoms with Gasteiger partial charge in [0.15, 0.2) is 0 Å². The van der Waals surface area contributed by atoms with Gasteiger partial charge in [-0.3, -0.25) is 0 Å². The molecule has 0 bridgehead atoms. The maximum Gasteiger partial charge on any atom is 0.0994 e. The molecule has 0 aliphatic carbocycles. The highest BCUT2D eigenvalue weighted by molar-refractivity contribution is 5.10. The third-order valence-electron chi connectivity index (χ3n) is 2.47. The van der Waals surface area contributed by atoms with Crippen LogP contribution in [0.4, 0.5) is 0 Å². The molecule has 0 saturated carbocycles. The van der Waals surface area contributed by atoms with E-state index in [1.54, 1.807) is 4.68 Å². The van der Waals surface area contributed by atoms with Crippen molar-refractivity contribution in [3.63, 3.8) is 0 Å². The molecule has 1 atom stereocenters. The molecular formula is C10H20N4O2. The van der Waals surface area contributed by atoms with Gasteiger partial charge < -0.3 is 15.9 Å². The van der Waals surface area contributed by atoms with E-state index >= 15 is 0 Å². The highest BCUT2D eigenvalue weighted by Crippen LogP contribution is 2.10. The number of hydrogen-bond acceptors (Lipinski definition) is 5. The number of rotatable bonds is 7. The molecule has 92 valence electrons. The molecule has 0 spiro atoms. The van der Waals surface area contributed by atoms with Crippen molar-refractivity contribution in [1.82, 2.24) is 15.0 Å². The van der Waals surface area contributed by atoms with Crippen LogP contribution in [0.3, 0.4) is 0 Å². The van der Waals surface area contributed by atoms with Crippen molar-refractivity contribution in [3.05, 3.63) is 11.4 Å². The molecule has 16 heavy (non-hydrogen) atoms. The predicted molar refractivity (Wildman–Crippen MR) is 59.6 cm³/mol. The summed E-state index contributed by atoms with van der Waals surface area (Å²) in [5, 5.41) is 26.1. The largest absolute Gasteiger partial charge is 0.394 e. The minimum atomic E-state index is -0.798. The summed E-state index contributed by atoms with van der Waals surface area (Å²) in [5.41, 5.74) is 7.32. The van der Waals surface area contributed by atoms with Gasteiger partial charge in [0.1, 0.15) is 0 Å². The third-order valence-corrected chi connectivity index (χ3v) is 2.47. The van der Waals surface area contributed by atoms with Gasteiger partial charge in [-0.15, -0.1) is 5.10 Å². The Morgan fingerprint density at radius 3 is 2.81 bits per heavy atom. The molecule has 4 N–H and O–H groups in total. The molecule has 1 aromatic rings. The van der Waals surface area contributed by atoms with Crippen molar-refractivity contribution < 1.29 is 10.2 Å². The average Bonchev–Trinajstić information content (AvgIpc) is 2.68. The number of nitrogens with two attached hydrogens (primary N) is 1. The van der Waals surface area contributed by atoms with Gasteiger partial charge in [0.05, 0.1) is 30.6 Å². The van der Waals surface area contributed by atoms with E-state index in [0.717, 1.165) is 30.7 Å². The Hall–Kier alpha value is -0.980. The van der Waals surface area contributed by atoms with E-state index in [1.807, 2.05) is 0 Å². The van der Waals surface area contributed by atoms with Crippen LogP contribution in [0.2, 0.25) is 0 Å². The SMILES string of the molecule is CCCCc1c(CN)nnn1CC(O)CO. The van der Waals surface area contributed by atoms with E-state index in [4.69, 9.17) is 10.8 Å². The first-order chi connectivity index (χ1) is 7.72. The van der Waals surface area contributed by atoms with Crippen LogP contribution in [0, 0.1) is 0 Å². The summed E-state index contributed by atoms with van der Waals surface area (Å²) in [4.78, 5) is 0. The van der Waals surface area contributed by atoms with Crippen molar-refractivity contribution in [3.8, 4) is 0 Å². The Morgan fingerprint density at radius 1 is 1.50 bits per heavy atom. The number of aliphatic hydroxyl groups is 2. The van der Waals surface area contributed by atoms with Crippen LogP contribution >= 0.6 is 0 Å². The summed E-state index contributed by atoms with van der Waals surface area (Å²) in [6.07, 6.45) is 2.18. The molecule has 1 unspecified atom stereocenters. The summed E-state index contributed by atoms with van der Waals surface area (Å²) < 4.78 is 1.64. The molecule has 0 saturated heterocycles. The minimum absolute atomic E-state index is 0.266. The molecular weight excluding hydrogens is 208 g/mol. The second-order valence-corrected chi connectivity index (χ2v) is 3.81. The zero-order chi connectivity index (χ0) is 12.0. The molecule has 6 nitrogen and oxygen atoms in total. The Labute approximate surface area is 95.1 Å². The topological polar surface area (TPSA) is 97.2 Å². The molecule has 0 aromatic carbocycles. The lowest BCUT2D eigenvalue weighted by atomic mass is 10.1. The molecule has 0 amide bonds. The van der Waals surface area contributed by atoms with Gasteiger partial charge in [-0.1, -0.05) is 18.6 Å². The fourth-order valence-electron chi connectivity index (χ4n) is 1.55. The molecule has 1 aromatic heterocycles. The molecule has 0 radical (unpaired) electrons. The highest BCUT2D eigenvalue weighted by atomic mass is 16.3. The number of aliphatic hydroxyl groups excluding tert-OH is 2. The highest BCUT2D eigenvalue weighted by Gasteiger charge is 2.13. The molecule has 1 heterocycles. The maximum atomic E-state index is 9.37. The van der Waals surface area contributed by atoms with Crippen molar-refractivity contribution in [1.29, 1.82) is 0 Å². The van der Waals surface area contributed by atoms with E-state index < -0.39 is 6.10 Å². The summed E-state index contributed by atoms with van der Waals surface area (Å²) >= 11 is 0. The van der Waals surface area contributed by atoms with Crippen molar-refractivity contribution in [2.75, 3.05) is 6.61 Å². The van der Waals surface area contributed by atoms with Gasteiger partial charge in [-0.05, 0) is 12.8 Å². The Morgan fingerprint density at radius 2 is 2.25 bits per heavy atom. The molecule has 0 fully saturated rings. The Kier molecular flexibility index (Phi) is 5.37. The molecule has 0 aliphatic heterocycles. The lowest BCUT2D eigenvalue weighted by Gasteiger charge is -2.10. The fraction of sp³-hybridized carbons (Fsp3) is 0.800. The molecule has 1 rings (SSSR count). The van der Waals surface area contributed by atoms with Gasteiger partial charge >= 0.3 is 0 Å². The zero-order valence-electron chi connectivity index (χ0n) is 9.63. The first-order valence-corrected chi connectivity index (χ1v) is 5.63. The summed E-state index contributed by atoms with van der Waals surface area (Å²) in [5.74, 6) is 0. The van der Waals surface area contributed by atoms with Crippen LogP contribution in [0.1, 0.15) is 31.2 Å². The monoisotopic (exact) mass is 228 g/mol. The van der Waals surface area contributed by atoms with Crippen molar-refractivity contribution >= 4 is 0 Å². The summed E-state index contributed by atoms with van der Waals surface area (Å²) in [6, 6.07) is 0. The van der Waals surface area contributed by atoms with Gasteiger partial charge in [0.2, 0.25) is 0 Å². The van der Waals surface area contributed by atoms with Gasteiger partial charge in [0.25, 0.3) is 0 Å². The molecule has 0 aliphatic rings. The third kappa shape index (κ3) is 3.26. The lowest BCUT2D eigenvalue weighted by Crippen LogP contribution is -2.22. The first-order valence-electron chi connectivity index (χ1n) is 5.63. The number of hydrogen-bond donors (Lipinski definition) is 3. The maximum absolute atomic E-state index is 9.37. The smallest absolute Gasteiger partial charge is 0.0994 e. The standard InChI is InChI=1S/C10H20N4O2/c1-2-3-4-10-9(5-11)12-13-14(10)6-8(16)7-15/h8,15-16H,2-7,11H2,1H3. The minimum Gasteiger partial charge on any atom is -0.394 e. The van der Waals surface area contributed by atoms with Crippen LogP contribution in [0.15, 0.2) is 0 Å². The van der Waals surface area contributed by atoms with Crippen molar-refractivity contribution in [2.24, 2.45) is 5.73 Å². The second-order valence-electron chi connectivity index (χ2n) is 3.81. The van der Waals surface area contributed by atoms with Crippen LogP contribution in [0.25, 0.3) is 0 Å². The Balaban J connectivity index is 2.77. The summed E-state index contributed by atoms with van der Waals surface area (Å²) in [6.45, 7) is 2.46. The van der Waals surface area contributed by atoms with E-state index in [9.17, 15) is 5.11 Å². The lowest BCUT2D eigenvalue weighted by molar-refractivity contribution is 0.0770. The van der Waals surface area contributed by atoms with Gasteiger partial charge in [-0.25, -0.2) is 4.68 Å². The quantitative estimate of drug-likeness (QED) is 0.581. The number of unbranched alkanes of at least 4 members (excludes halogenated alkanes) is 1. The van der Waals surface area contributed by atoms with E-state index in [-0.39, 0.29) is 13.2 Å². The van der Waals surface area contributed by atoms with E-state index in [0.29, 0.717) is 6.54 Å². The predicted octanol–water partition coefficient (Wildman–Crippen LogP) is -0.567. The van der Waals surface area contributed by atoms with Crippen LogP contribution in [-0.4, -0.2) is 37.9 Å². The summed E-state index contributed by atoms with van der Waals surface area (Å²) in [7, 11) is 0. The number of aromatic nitrogens is 3. The second kappa shape index (κ2) is 6.57. The van der Waals surface area contributed by atoms with Gasteiger partial charge in [0, 0.05) is 6.54 Å². The van der Waals surface area contributed by atoms with Gasteiger partial charge in [-0.2, -0.15) is 0 Å². The number of nitrogens with zero attached hydrogens (tertiary/aromatic N) is 3. The average molecular weight is 228 g/mol. The van der Waals surface area contributed by atoms with E-state index in [1.165, 1.54) is 0 Å². The van der Waals surface area contributed by atoms with Crippen LogP contribution in [0.5, 0.6) is 0 Å². The van der Waals surface area contributed by atoms with Crippen molar-refractivity contribution in [2.45, 2.75) is 45.4 Å². The first kappa shape index (κ1) is 13.1. The fourth-order valence-corrected chi connectivity index (χ4v) is 1.55. The zero-order valence-corrected chi connectivity index (χ0v) is 9.63.